The fourth-order valence-electron chi connectivity index (χ4n) is 3.91. The molecule has 2 aromatic heterocycles. The van der Waals surface area contributed by atoms with Crippen LogP contribution in [0.4, 0.5) is 15.0 Å². The number of benzene rings is 1. The smallest absolute Gasteiger partial charge is 0.407 e. The first-order chi connectivity index (χ1) is 13.4. The standard InChI is InChI=1S/C19H20FN5O3/c1-10-4-12(5-15(20)14(10)8-26)13-6-16(11-2-3-24(7-11)19(27)28)25-17(13)18(21)22-9-23-25/h4-6,9,11,26H,2-3,7-8H2,1H3,(H,27,28)(H2,21,22,23). The van der Waals surface area contributed by atoms with Crippen LogP contribution in [0.5, 0.6) is 0 Å². The highest BCUT2D eigenvalue weighted by atomic mass is 19.1. The van der Waals surface area contributed by atoms with E-state index in [9.17, 15) is 19.4 Å². The number of nitrogens with two attached hydrogens (primary N) is 1. The Morgan fingerprint density at radius 2 is 2.18 bits per heavy atom. The fraction of sp³-hybridized carbons (Fsp3) is 0.316. The number of hydrogen-bond acceptors (Lipinski definition) is 5. The van der Waals surface area contributed by atoms with Gasteiger partial charge in [0, 0.05) is 35.8 Å². The summed E-state index contributed by atoms with van der Waals surface area (Å²) in [6.45, 7) is 2.17. The van der Waals surface area contributed by atoms with E-state index in [1.54, 1.807) is 17.5 Å². The summed E-state index contributed by atoms with van der Waals surface area (Å²) in [6.07, 6.45) is 1.06. The third-order valence-electron chi connectivity index (χ3n) is 5.37. The van der Waals surface area contributed by atoms with E-state index in [0.29, 0.717) is 41.7 Å². The van der Waals surface area contributed by atoms with Crippen molar-refractivity contribution in [3.05, 3.63) is 47.2 Å². The number of halogens is 1. The normalized spacial score (nSPS) is 16.8. The lowest BCUT2D eigenvalue weighted by atomic mass is 9.98. The van der Waals surface area contributed by atoms with Crippen molar-refractivity contribution < 1.29 is 19.4 Å². The largest absolute Gasteiger partial charge is 0.465 e. The van der Waals surface area contributed by atoms with Crippen LogP contribution in [0.15, 0.2) is 24.5 Å². The van der Waals surface area contributed by atoms with Crippen LogP contribution in [-0.2, 0) is 6.61 Å². The van der Waals surface area contributed by atoms with E-state index in [1.807, 2.05) is 6.07 Å². The van der Waals surface area contributed by atoms with Crippen molar-refractivity contribution in [3.63, 3.8) is 0 Å². The van der Waals surface area contributed by atoms with Crippen molar-refractivity contribution in [1.82, 2.24) is 19.5 Å². The van der Waals surface area contributed by atoms with Crippen molar-refractivity contribution in [2.24, 2.45) is 0 Å². The molecule has 1 aliphatic heterocycles. The second kappa shape index (κ2) is 6.75. The maximum absolute atomic E-state index is 14.4. The highest BCUT2D eigenvalue weighted by Crippen LogP contribution is 2.37. The van der Waals surface area contributed by atoms with Gasteiger partial charge in [-0.3, -0.25) is 0 Å². The van der Waals surface area contributed by atoms with E-state index >= 15 is 0 Å². The molecule has 9 heteroatoms. The summed E-state index contributed by atoms with van der Waals surface area (Å²) in [5.74, 6) is -0.283. The lowest BCUT2D eigenvalue weighted by molar-refractivity contribution is 0.155. The van der Waals surface area contributed by atoms with Crippen molar-refractivity contribution in [2.75, 3.05) is 18.8 Å². The molecule has 1 saturated heterocycles. The summed E-state index contributed by atoms with van der Waals surface area (Å²) < 4.78 is 16.1. The molecule has 1 aromatic carbocycles. The zero-order valence-electron chi connectivity index (χ0n) is 15.3. The van der Waals surface area contributed by atoms with Crippen LogP contribution < -0.4 is 5.73 Å². The average molecular weight is 385 g/mol. The first-order valence-corrected chi connectivity index (χ1v) is 8.91. The Morgan fingerprint density at radius 3 is 2.82 bits per heavy atom. The third kappa shape index (κ3) is 2.84. The first kappa shape index (κ1) is 18.2. The molecule has 1 amide bonds. The minimum Gasteiger partial charge on any atom is -0.465 e. The minimum absolute atomic E-state index is 0.0469. The Hall–Kier alpha value is -3.20. The quantitative estimate of drug-likeness (QED) is 0.637. The molecule has 0 radical (unpaired) electrons. The maximum atomic E-state index is 14.4. The predicted molar refractivity (Wildman–Crippen MR) is 100 cm³/mol. The van der Waals surface area contributed by atoms with Crippen LogP contribution in [0.3, 0.4) is 0 Å². The van der Waals surface area contributed by atoms with E-state index in [-0.39, 0.29) is 23.9 Å². The van der Waals surface area contributed by atoms with Gasteiger partial charge < -0.3 is 20.8 Å². The lowest BCUT2D eigenvalue weighted by Gasteiger charge is -2.12. The van der Waals surface area contributed by atoms with Crippen LogP contribution >= 0.6 is 0 Å². The molecule has 28 heavy (non-hydrogen) atoms. The van der Waals surface area contributed by atoms with Crippen LogP contribution in [-0.4, -0.2) is 48.9 Å². The highest BCUT2D eigenvalue weighted by Gasteiger charge is 2.30. The number of amides is 1. The van der Waals surface area contributed by atoms with Crippen molar-refractivity contribution in [2.45, 2.75) is 25.9 Å². The van der Waals surface area contributed by atoms with Gasteiger partial charge >= 0.3 is 6.09 Å². The number of anilines is 1. The number of carbonyl (C=O) groups is 1. The number of carboxylic acid groups (broad SMARTS) is 1. The van der Waals surface area contributed by atoms with Crippen molar-refractivity contribution in [1.29, 1.82) is 0 Å². The number of nitrogen functional groups attached to an aromatic ring is 1. The SMILES string of the molecule is Cc1cc(-c2cc(C3CCN(C(=O)O)C3)n3ncnc(N)c23)cc(F)c1CO. The number of nitrogens with zero attached hydrogens (tertiary/aromatic N) is 4. The molecule has 4 rings (SSSR count). The summed E-state index contributed by atoms with van der Waals surface area (Å²) in [5, 5.41) is 22.9. The molecule has 3 heterocycles. The van der Waals surface area contributed by atoms with Crippen LogP contribution in [0.1, 0.15) is 29.2 Å². The molecular formula is C19H20FN5O3. The Morgan fingerprint density at radius 1 is 1.39 bits per heavy atom. The number of fused-ring (bicyclic) bond motifs is 1. The molecule has 146 valence electrons. The van der Waals surface area contributed by atoms with E-state index in [2.05, 4.69) is 10.1 Å². The molecule has 0 aliphatic carbocycles. The molecule has 1 atom stereocenters. The molecular weight excluding hydrogens is 365 g/mol. The summed E-state index contributed by atoms with van der Waals surface area (Å²) in [6, 6.07) is 5.03. The number of rotatable bonds is 3. The second-order valence-electron chi connectivity index (χ2n) is 7.01. The number of aliphatic hydroxyl groups excluding tert-OH is 1. The number of likely N-dealkylation sites (tertiary alicyclic amines) is 1. The predicted octanol–water partition coefficient (Wildman–Crippen LogP) is 2.39. The van der Waals surface area contributed by atoms with Gasteiger partial charge in [-0.15, -0.1) is 0 Å². The zero-order chi connectivity index (χ0) is 20.0. The van der Waals surface area contributed by atoms with Crippen LogP contribution in [0, 0.1) is 12.7 Å². The topological polar surface area (TPSA) is 117 Å². The van der Waals surface area contributed by atoms with Crippen LogP contribution in [0.2, 0.25) is 0 Å². The average Bonchev–Trinajstić information content (AvgIpc) is 3.27. The third-order valence-corrected chi connectivity index (χ3v) is 5.37. The molecule has 0 bridgehead atoms. The summed E-state index contributed by atoms with van der Waals surface area (Å²) in [4.78, 5) is 16.7. The van der Waals surface area contributed by atoms with Gasteiger partial charge in [-0.25, -0.2) is 18.7 Å². The number of aryl methyl sites for hydroxylation is 1. The number of aromatic nitrogens is 3. The molecule has 0 spiro atoms. The Kier molecular flexibility index (Phi) is 4.38. The molecule has 4 N–H and O–H groups in total. The Balaban J connectivity index is 1.88. The number of hydrogen-bond donors (Lipinski definition) is 3. The molecule has 1 fully saturated rings. The Labute approximate surface area is 160 Å². The van der Waals surface area contributed by atoms with Gasteiger partial charge in [-0.2, -0.15) is 5.10 Å². The van der Waals surface area contributed by atoms with E-state index in [1.165, 1.54) is 17.3 Å². The van der Waals surface area contributed by atoms with Gasteiger partial charge in [0.1, 0.15) is 17.7 Å². The van der Waals surface area contributed by atoms with Crippen molar-refractivity contribution in [3.8, 4) is 11.1 Å². The van der Waals surface area contributed by atoms with Gasteiger partial charge in [-0.1, -0.05) is 6.07 Å². The maximum Gasteiger partial charge on any atom is 0.407 e. The summed E-state index contributed by atoms with van der Waals surface area (Å²) >= 11 is 0. The van der Waals surface area contributed by atoms with Gasteiger partial charge in [-0.05, 0) is 36.6 Å². The molecule has 0 saturated carbocycles. The van der Waals surface area contributed by atoms with E-state index < -0.39 is 11.9 Å². The minimum atomic E-state index is -0.949. The zero-order valence-corrected chi connectivity index (χ0v) is 15.3. The van der Waals surface area contributed by atoms with Gasteiger partial charge in [0.2, 0.25) is 0 Å². The van der Waals surface area contributed by atoms with Crippen LogP contribution in [0.25, 0.3) is 16.6 Å². The molecule has 3 aromatic rings. The monoisotopic (exact) mass is 385 g/mol. The van der Waals surface area contributed by atoms with Gasteiger partial charge in [0.25, 0.3) is 0 Å². The number of aliphatic hydroxyl groups is 1. The molecule has 8 nitrogen and oxygen atoms in total. The first-order valence-electron chi connectivity index (χ1n) is 8.91. The van der Waals surface area contributed by atoms with Gasteiger partial charge in [0.05, 0.1) is 6.61 Å². The van der Waals surface area contributed by atoms with Crippen molar-refractivity contribution >= 4 is 17.4 Å². The molecule has 1 unspecified atom stereocenters. The second-order valence-corrected chi connectivity index (χ2v) is 7.01. The molecule has 1 aliphatic rings. The lowest BCUT2D eigenvalue weighted by Crippen LogP contribution is -2.26. The summed E-state index contributed by atoms with van der Waals surface area (Å²) in [5.41, 5.74) is 9.64. The van der Waals surface area contributed by atoms with E-state index in [0.717, 1.165) is 5.69 Å². The highest BCUT2D eigenvalue weighted by molar-refractivity contribution is 5.88. The Bertz CT molecular complexity index is 1060. The van der Waals surface area contributed by atoms with E-state index in [4.69, 9.17) is 5.73 Å². The fourth-order valence-corrected chi connectivity index (χ4v) is 3.91. The summed E-state index contributed by atoms with van der Waals surface area (Å²) in [7, 11) is 0. The van der Waals surface area contributed by atoms with Gasteiger partial charge in [0.15, 0.2) is 5.82 Å².